The van der Waals surface area contributed by atoms with Crippen LogP contribution in [0.4, 0.5) is 4.79 Å². The van der Waals surface area contributed by atoms with E-state index in [1.807, 2.05) is 18.2 Å². The first-order valence-corrected chi connectivity index (χ1v) is 6.13. The van der Waals surface area contributed by atoms with Crippen LogP contribution >= 0.6 is 0 Å². The summed E-state index contributed by atoms with van der Waals surface area (Å²) in [4.78, 5) is 11.5. The smallest absolute Gasteiger partial charge is 0.410 e. The summed E-state index contributed by atoms with van der Waals surface area (Å²) in [5.74, 6) is 0.527. The van der Waals surface area contributed by atoms with Gasteiger partial charge in [0.05, 0.1) is 0 Å². The average molecular weight is 250 g/mol. The van der Waals surface area contributed by atoms with Gasteiger partial charge < -0.3 is 15.8 Å². The van der Waals surface area contributed by atoms with Crippen LogP contribution in [0.5, 0.6) is 5.75 Å². The summed E-state index contributed by atoms with van der Waals surface area (Å²) in [6.45, 7) is 6.78. The molecule has 0 bridgehead atoms. The van der Waals surface area contributed by atoms with Crippen molar-refractivity contribution >= 4 is 6.09 Å². The third-order valence-electron chi connectivity index (χ3n) is 2.34. The van der Waals surface area contributed by atoms with Crippen LogP contribution in [0.25, 0.3) is 0 Å². The molecule has 1 unspecified atom stereocenters. The Morgan fingerprint density at radius 3 is 2.50 bits per heavy atom. The predicted octanol–water partition coefficient (Wildman–Crippen LogP) is 2.54. The average Bonchev–Trinajstić information content (AvgIpc) is 2.25. The van der Waals surface area contributed by atoms with Gasteiger partial charge in [-0.05, 0) is 24.0 Å². The van der Waals surface area contributed by atoms with Gasteiger partial charge in [0.15, 0.2) is 0 Å². The molecule has 1 amide bonds. The van der Waals surface area contributed by atoms with Crippen molar-refractivity contribution in [1.82, 2.24) is 5.32 Å². The van der Waals surface area contributed by atoms with E-state index >= 15 is 0 Å². The minimum absolute atomic E-state index is 0.0617. The minimum atomic E-state index is -0.467. The fourth-order valence-corrected chi connectivity index (χ4v) is 1.70. The zero-order valence-corrected chi connectivity index (χ0v) is 11.3. The molecule has 1 atom stereocenters. The lowest BCUT2D eigenvalue weighted by Gasteiger charge is -2.23. The van der Waals surface area contributed by atoms with Crippen LogP contribution in [0.15, 0.2) is 30.3 Å². The van der Waals surface area contributed by atoms with Crippen LogP contribution in [0, 0.1) is 5.41 Å². The Morgan fingerprint density at radius 1 is 1.33 bits per heavy atom. The molecule has 1 aromatic rings. The van der Waals surface area contributed by atoms with Crippen molar-refractivity contribution < 1.29 is 9.53 Å². The van der Waals surface area contributed by atoms with E-state index < -0.39 is 6.09 Å². The Bertz CT molecular complexity index is 371. The quantitative estimate of drug-likeness (QED) is 0.863. The molecular formula is C14H22N2O2. The SMILES string of the molecule is CC(C)(C)CC(N)CNC(=O)Oc1ccccc1. The van der Waals surface area contributed by atoms with E-state index in [1.165, 1.54) is 0 Å². The number of nitrogens with one attached hydrogen (secondary N) is 1. The molecule has 0 aliphatic heterocycles. The summed E-state index contributed by atoms with van der Waals surface area (Å²) in [6.07, 6.45) is 0.379. The second-order valence-electron chi connectivity index (χ2n) is 5.61. The van der Waals surface area contributed by atoms with Gasteiger partial charge in [0, 0.05) is 12.6 Å². The molecule has 0 aromatic heterocycles. The molecule has 0 fully saturated rings. The second kappa shape index (κ2) is 6.40. The number of amides is 1. The monoisotopic (exact) mass is 250 g/mol. The number of hydrogen-bond acceptors (Lipinski definition) is 3. The molecule has 4 nitrogen and oxygen atoms in total. The summed E-state index contributed by atoms with van der Waals surface area (Å²) in [5, 5.41) is 2.67. The topological polar surface area (TPSA) is 64.3 Å². The van der Waals surface area contributed by atoms with Crippen LogP contribution < -0.4 is 15.8 Å². The van der Waals surface area contributed by atoms with Gasteiger partial charge >= 0.3 is 6.09 Å². The van der Waals surface area contributed by atoms with Crippen LogP contribution in [0.2, 0.25) is 0 Å². The van der Waals surface area contributed by atoms with Gasteiger partial charge in [-0.3, -0.25) is 0 Å². The van der Waals surface area contributed by atoms with Crippen LogP contribution in [-0.2, 0) is 0 Å². The molecule has 3 N–H and O–H groups in total. The second-order valence-corrected chi connectivity index (χ2v) is 5.61. The van der Waals surface area contributed by atoms with E-state index in [4.69, 9.17) is 10.5 Å². The minimum Gasteiger partial charge on any atom is -0.410 e. The fraction of sp³-hybridized carbons (Fsp3) is 0.500. The van der Waals surface area contributed by atoms with Crippen molar-refractivity contribution in [3.05, 3.63) is 30.3 Å². The molecule has 18 heavy (non-hydrogen) atoms. The number of hydrogen-bond donors (Lipinski definition) is 2. The molecule has 1 rings (SSSR count). The molecule has 0 saturated carbocycles. The molecular weight excluding hydrogens is 228 g/mol. The highest BCUT2D eigenvalue weighted by atomic mass is 16.6. The molecule has 100 valence electrons. The van der Waals surface area contributed by atoms with Gasteiger partial charge in [-0.15, -0.1) is 0 Å². The number of carbonyl (C=O) groups excluding carboxylic acids is 1. The summed E-state index contributed by atoms with van der Waals surface area (Å²) in [6, 6.07) is 8.89. The van der Waals surface area contributed by atoms with E-state index in [0.29, 0.717) is 12.3 Å². The Kier molecular flexibility index (Phi) is 5.16. The van der Waals surface area contributed by atoms with Crippen molar-refractivity contribution in [2.75, 3.05) is 6.54 Å². The standard InChI is InChI=1S/C14H22N2O2/c1-14(2,3)9-11(15)10-16-13(17)18-12-7-5-4-6-8-12/h4-8,11H,9-10,15H2,1-3H3,(H,16,17). The van der Waals surface area contributed by atoms with Crippen molar-refractivity contribution in [3.63, 3.8) is 0 Å². The van der Waals surface area contributed by atoms with E-state index in [9.17, 15) is 4.79 Å². The van der Waals surface area contributed by atoms with Crippen molar-refractivity contribution in [2.24, 2.45) is 11.1 Å². The number of carbonyl (C=O) groups is 1. The maximum atomic E-state index is 11.5. The maximum Gasteiger partial charge on any atom is 0.412 e. The van der Waals surface area contributed by atoms with E-state index in [2.05, 4.69) is 26.1 Å². The molecule has 4 heteroatoms. The Hall–Kier alpha value is -1.55. The maximum absolute atomic E-state index is 11.5. The van der Waals surface area contributed by atoms with Gasteiger partial charge in [-0.2, -0.15) is 0 Å². The Morgan fingerprint density at radius 2 is 1.94 bits per heavy atom. The van der Waals surface area contributed by atoms with Crippen molar-refractivity contribution in [2.45, 2.75) is 33.2 Å². The molecule has 0 aliphatic carbocycles. The normalized spacial score (nSPS) is 12.9. The van der Waals surface area contributed by atoms with Gasteiger partial charge in [0.2, 0.25) is 0 Å². The van der Waals surface area contributed by atoms with Crippen molar-refractivity contribution in [1.29, 1.82) is 0 Å². The summed E-state index contributed by atoms with van der Waals surface area (Å²) < 4.78 is 5.09. The predicted molar refractivity (Wildman–Crippen MR) is 72.5 cm³/mol. The van der Waals surface area contributed by atoms with E-state index in [-0.39, 0.29) is 11.5 Å². The number of benzene rings is 1. The lowest BCUT2D eigenvalue weighted by Crippen LogP contribution is -2.40. The lowest BCUT2D eigenvalue weighted by atomic mass is 9.88. The zero-order valence-electron chi connectivity index (χ0n) is 11.3. The van der Waals surface area contributed by atoms with Gasteiger partial charge in [-0.1, -0.05) is 39.0 Å². The first-order valence-electron chi connectivity index (χ1n) is 6.13. The highest BCUT2D eigenvalue weighted by Crippen LogP contribution is 2.19. The lowest BCUT2D eigenvalue weighted by molar-refractivity contribution is 0.198. The number of nitrogens with two attached hydrogens (primary N) is 1. The van der Waals surface area contributed by atoms with Crippen molar-refractivity contribution in [3.8, 4) is 5.75 Å². The third kappa shape index (κ3) is 6.25. The van der Waals surface area contributed by atoms with Crippen LogP contribution in [0.1, 0.15) is 27.2 Å². The highest BCUT2D eigenvalue weighted by Gasteiger charge is 2.16. The summed E-state index contributed by atoms with van der Waals surface area (Å²) in [7, 11) is 0. The highest BCUT2D eigenvalue weighted by molar-refractivity contribution is 5.70. The number of ether oxygens (including phenoxy) is 1. The molecule has 0 radical (unpaired) electrons. The third-order valence-corrected chi connectivity index (χ3v) is 2.34. The van der Waals surface area contributed by atoms with Gasteiger partial charge in [-0.25, -0.2) is 4.79 Å². The number of rotatable bonds is 4. The van der Waals surface area contributed by atoms with E-state index in [0.717, 1.165) is 6.42 Å². The zero-order chi connectivity index (χ0) is 13.6. The van der Waals surface area contributed by atoms with Gasteiger partial charge in [0.25, 0.3) is 0 Å². The molecule has 0 aliphatic rings. The summed E-state index contributed by atoms with van der Waals surface area (Å²) >= 11 is 0. The van der Waals surface area contributed by atoms with Crippen LogP contribution in [-0.4, -0.2) is 18.7 Å². The molecule has 0 saturated heterocycles. The van der Waals surface area contributed by atoms with E-state index in [1.54, 1.807) is 12.1 Å². The first kappa shape index (κ1) is 14.5. The Balaban J connectivity index is 2.29. The summed E-state index contributed by atoms with van der Waals surface area (Å²) in [5.41, 5.74) is 6.09. The molecule has 1 aromatic carbocycles. The largest absolute Gasteiger partial charge is 0.412 e. The number of para-hydroxylation sites is 1. The fourth-order valence-electron chi connectivity index (χ4n) is 1.70. The first-order chi connectivity index (χ1) is 8.37. The molecule has 0 heterocycles. The van der Waals surface area contributed by atoms with Crippen LogP contribution in [0.3, 0.4) is 0 Å². The van der Waals surface area contributed by atoms with Gasteiger partial charge in [0.1, 0.15) is 5.75 Å². The molecule has 0 spiro atoms. The Labute approximate surface area is 109 Å².